The van der Waals surface area contributed by atoms with Gasteiger partial charge < -0.3 is 14.8 Å². The predicted octanol–water partition coefficient (Wildman–Crippen LogP) is 5.06. The van der Waals surface area contributed by atoms with Crippen molar-refractivity contribution in [1.82, 2.24) is 5.32 Å². The molecule has 0 radical (unpaired) electrons. The Kier molecular flexibility index (Phi) is 6.14. The molecule has 1 heterocycles. The second-order valence-corrected chi connectivity index (χ2v) is 7.05. The van der Waals surface area contributed by atoms with Crippen molar-refractivity contribution in [3.05, 3.63) is 69.9 Å². The third-order valence-corrected chi connectivity index (χ3v) is 5.13. The van der Waals surface area contributed by atoms with Gasteiger partial charge in [-0.15, -0.1) is 11.3 Å². The number of carbonyl (C=O) groups is 1. The molecule has 0 atom stereocenters. The van der Waals surface area contributed by atoms with Gasteiger partial charge in [-0.1, -0.05) is 35.9 Å². The largest absolute Gasteiger partial charge is 0.493 e. The van der Waals surface area contributed by atoms with Gasteiger partial charge in [-0.3, -0.25) is 4.79 Å². The van der Waals surface area contributed by atoms with Gasteiger partial charge in [-0.05, 0) is 48.6 Å². The Morgan fingerprint density at radius 3 is 2.56 bits per heavy atom. The third-order valence-electron chi connectivity index (χ3n) is 4.21. The fourth-order valence-corrected chi connectivity index (χ4v) is 3.64. The predicted molar refractivity (Wildman–Crippen MR) is 110 cm³/mol. The summed E-state index contributed by atoms with van der Waals surface area (Å²) >= 11 is 1.45. The van der Waals surface area contributed by atoms with Crippen LogP contribution in [0.5, 0.6) is 11.5 Å². The molecule has 1 N–H and O–H groups in total. The zero-order valence-corrected chi connectivity index (χ0v) is 16.6. The monoisotopic (exact) mass is 381 g/mol. The first-order valence-corrected chi connectivity index (χ1v) is 9.72. The first kappa shape index (κ1) is 19.0. The smallest absolute Gasteiger partial charge is 0.262 e. The zero-order chi connectivity index (χ0) is 19.2. The van der Waals surface area contributed by atoms with Gasteiger partial charge in [0.1, 0.15) is 0 Å². The summed E-state index contributed by atoms with van der Waals surface area (Å²) in [6.45, 7) is 4.98. The maximum absolute atomic E-state index is 12.7. The molecule has 3 rings (SSSR count). The molecule has 1 aromatic heterocycles. The summed E-state index contributed by atoms with van der Waals surface area (Å²) in [6, 6.07) is 15.9. The Bertz CT molecular complexity index is 916. The number of hydrogen-bond donors (Lipinski definition) is 1. The van der Waals surface area contributed by atoms with Crippen LogP contribution in [0.3, 0.4) is 0 Å². The second-order valence-electron chi connectivity index (χ2n) is 6.13. The zero-order valence-electron chi connectivity index (χ0n) is 15.7. The number of hydrogen-bond acceptors (Lipinski definition) is 4. The molecule has 0 aliphatic carbocycles. The lowest BCUT2D eigenvalue weighted by Gasteiger charge is -2.12. The van der Waals surface area contributed by atoms with Crippen LogP contribution in [-0.2, 0) is 6.54 Å². The topological polar surface area (TPSA) is 47.6 Å². The fourth-order valence-electron chi connectivity index (χ4n) is 2.80. The normalized spacial score (nSPS) is 10.5. The number of thiophene rings is 1. The Hall–Kier alpha value is -2.79. The van der Waals surface area contributed by atoms with Crippen LogP contribution in [0, 0.1) is 6.92 Å². The van der Waals surface area contributed by atoms with Crippen LogP contribution < -0.4 is 14.8 Å². The molecule has 0 fully saturated rings. The molecule has 0 aliphatic rings. The number of rotatable bonds is 7. The minimum absolute atomic E-state index is 0.0755. The highest BCUT2D eigenvalue weighted by Crippen LogP contribution is 2.30. The van der Waals surface area contributed by atoms with E-state index >= 15 is 0 Å². The maximum atomic E-state index is 12.7. The average Bonchev–Trinajstić information content (AvgIpc) is 3.17. The summed E-state index contributed by atoms with van der Waals surface area (Å²) in [7, 11) is 1.61. The first-order valence-electron chi connectivity index (χ1n) is 8.84. The van der Waals surface area contributed by atoms with Crippen molar-refractivity contribution in [3.8, 4) is 22.6 Å². The van der Waals surface area contributed by atoms with E-state index < -0.39 is 0 Å². The van der Waals surface area contributed by atoms with Crippen molar-refractivity contribution >= 4 is 17.2 Å². The lowest BCUT2D eigenvalue weighted by Crippen LogP contribution is -2.22. The Labute approximate surface area is 163 Å². The standard InChI is InChI=1S/C22H23NO3S/c1-4-26-19-10-7-16(13-20(19)25-3)14-23-22(24)21-18(11-12-27-21)17-8-5-15(2)6-9-17/h5-13H,4,14H2,1-3H3,(H,23,24). The molecular formula is C22H23NO3S. The molecule has 27 heavy (non-hydrogen) atoms. The molecular weight excluding hydrogens is 358 g/mol. The Morgan fingerprint density at radius 2 is 1.85 bits per heavy atom. The van der Waals surface area contributed by atoms with Crippen molar-refractivity contribution in [1.29, 1.82) is 0 Å². The summed E-state index contributed by atoms with van der Waals surface area (Å²) in [6.07, 6.45) is 0. The van der Waals surface area contributed by atoms with Gasteiger partial charge in [0.25, 0.3) is 5.91 Å². The minimum atomic E-state index is -0.0755. The number of ether oxygens (including phenoxy) is 2. The van der Waals surface area contributed by atoms with Crippen LogP contribution in [0.25, 0.3) is 11.1 Å². The summed E-state index contributed by atoms with van der Waals surface area (Å²) in [5.41, 5.74) is 4.16. The maximum Gasteiger partial charge on any atom is 0.262 e. The summed E-state index contributed by atoms with van der Waals surface area (Å²) in [5.74, 6) is 1.29. The average molecular weight is 381 g/mol. The number of aryl methyl sites for hydroxylation is 1. The molecule has 0 aliphatic heterocycles. The Balaban J connectivity index is 1.72. The van der Waals surface area contributed by atoms with Gasteiger partial charge in [0.15, 0.2) is 11.5 Å². The molecule has 4 nitrogen and oxygen atoms in total. The highest BCUT2D eigenvalue weighted by atomic mass is 32.1. The molecule has 2 aromatic carbocycles. The molecule has 0 saturated carbocycles. The lowest BCUT2D eigenvalue weighted by atomic mass is 10.0. The molecule has 140 valence electrons. The van der Waals surface area contributed by atoms with E-state index in [1.165, 1.54) is 16.9 Å². The van der Waals surface area contributed by atoms with E-state index in [0.717, 1.165) is 21.6 Å². The third kappa shape index (κ3) is 4.49. The lowest BCUT2D eigenvalue weighted by molar-refractivity contribution is 0.0955. The van der Waals surface area contributed by atoms with E-state index in [2.05, 4.69) is 24.4 Å². The van der Waals surface area contributed by atoms with Crippen LogP contribution in [-0.4, -0.2) is 19.6 Å². The number of methoxy groups -OCH3 is 1. The van der Waals surface area contributed by atoms with Gasteiger partial charge in [0, 0.05) is 12.1 Å². The van der Waals surface area contributed by atoms with Crippen LogP contribution in [0.2, 0.25) is 0 Å². The van der Waals surface area contributed by atoms with Gasteiger partial charge in [0.2, 0.25) is 0 Å². The summed E-state index contributed by atoms with van der Waals surface area (Å²) in [4.78, 5) is 13.4. The van der Waals surface area contributed by atoms with Gasteiger partial charge >= 0.3 is 0 Å². The summed E-state index contributed by atoms with van der Waals surface area (Å²) in [5, 5.41) is 4.95. The van der Waals surface area contributed by atoms with Crippen molar-refractivity contribution < 1.29 is 14.3 Å². The molecule has 1 amide bonds. The van der Waals surface area contributed by atoms with E-state index in [4.69, 9.17) is 9.47 Å². The second kappa shape index (κ2) is 8.73. The minimum Gasteiger partial charge on any atom is -0.493 e. The SMILES string of the molecule is CCOc1ccc(CNC(=O)c2sccc2-c2ccc(C)cc2)cc1OC. The van der Waals surface area contributed by atoms with Gasteiger partial charge in [0.05, 0.1) is 18.6 Å². The van der Waals surface area contributed by atoms with Gasteiger partial charge in [-0.25, -0.2) is 0 Å². The van der Waals surface area contributed by atoms with E-state index in [-0.39, 0.29) is 5.91 Å². The molecule has 0 spiro atoms. The van der Waals surface area contributed by atoms with Crippen molar-refractivity contribution in [2.24, 2.45) is 0 Å². The molecule has 5 heteroatoms. The summed E-state index contributed by atoms with van der Waals surface area (Å²) < 4.78 is 10.9. The number of benzene rings is 2. The van der Waals surface area contributed by atoms with Crippen LogP contribution in [0.4, 0.5) is 0 Å². The Morgan fingerprint density at radius 1 is 1.07 bits per heavy atom. The van der Waals surface area contributed by atoms with Crippen molar-refractivity contribution in [2.45, 2.75) is 20.4 Å². The first-order chi connectivity index (χ1) is 13.1. The molecule has 3 aromatic rings. The number of carbonyl (C=O) groups excluding carboxylic acids is 1. The quantitative estimate of drug-likeness (QED) is 0.622. The highest BCUT2D eigenvalue weighted by molar-refractivity contribution is 7.12. The van der Waals surface area contributed by atoms with Crippen LogP contribution in [0.1, 0.15) is 27.7 Å². The molecule has 0 bridgehead atoms. The molecule has 0 unspecified atom stereocenters. The van der Waals surface area contributed by atoms with Crippen molar-refractivity contribution in [3.63, 3.8) is 0 Å². The van der Waals surface area contributed by atoms with E-state index in [1.54, 1.807) is 7.11 Å². The van der Waals surface area contributed by atoms with Crippen LogP contribution >= 0.6 is 11.3 Å². The van der Waals surface area contributed by atoms with Crippen LogP contribution in [0.15, 0.2) is 53.9 Å². The van der Waals surface area contributed by atoms with Gasteiger partial charge in [-0.2, -0.15) is 0 Å². The molecule has 0 saturated heterocycles. The highest BCUT2D eigenvalue weighted by Gasteiger charge is 2.15. The van der Waals surface area contributed by atoms with E-state index in [0.29, 0.717) is 24.7 Å². The fraction of sp³-hybridized carbons (Fsp3) is 0.227. The number of nitrogens with one attached hydrogen (secondary N) is 1. The van der Waals surface area contributed by atoms with E-state index in [1.807, 2.05) is 48.7 Å². The van der Waals surface area contributed by atoms with E-state index in [9.17, 15) is 4.79 Å². The van der Waals surface area contributed by atoms with Crippen molar-refractivity contribution in [2.75, 3.05) is 13.7 Å². The number of amides is 1.